The number of methoxy groups -OCH3 is 1. The van der Waals surface area contributed by atoms with Crippen molar-refractivity contribution in [3.05, 3.63) is 22.4 Å². The maximum atomic E-state index is 12.3. The van der Waals surface area contributed by atoms with E-state index in [0.717, 1.165) is 29.6 Å². The molecule has 1 N–H and O–H groups in total. The molecule has 3 rings (SSSR count). The van der Waals surface area contributed by atoms with Crippen LogP contribution in [0.5, 0.6) is 0 Å². The quantitative estimate of drug-likeness (QED) is 0.849. The summed E-state index contributed by atoms with van der Waals surface area (Å²) in [6.45, 7) is 0. The maximum Gasteiger partial charge on any atom is 0.307 e. The van der Waals surface area contributed by atoms with E-state index in [4.69, 9.17) is 4.74 Å². The second-order valence-electron chi connectivity index (χ2n) is 5.78. The average molecular weight is 293 g/mol. The van der Waals surface area contributed by atoms with Crippen molar-refractivity contribution in [3.63, 3.8) is 0 Å². The largest absolute Gasteiger partial charge is 0.469 e. The molecule has 0 saturated heterocycles. The van der Waals surface area contributed by atoms with Crippen LogP contribution in [-0.4, -0.2) is 19.0 Å². The topological polar surface area (TPSA) is 55.4 Å². The van der Waals surface area contributed by atoms with Gasteiger partial charge in [-0.3, -0.25) is 9.59 Å². The van der Waals surface area contributed by atoms with Crippen molar-refractivity contribution in [2.24, 2.45) is 17.8 Å². The van der Waals surface area contributed by atoms with Gasteiger partial charge in [-0.1, -0.05) is 6.07 Å². The van der Waals surface area contributed by atoms with E-state index in [1.165, 1.54) is 13.5 Å². The number of carbonyl (C=O) groups is 2. The molecule has 3 unspecified atom stereocenters. The van der Waals surface area contributed by atoms with Crippen molar-refractivity contribution >= 4 is 23.2 Å². The van der Waals surface area contributed by atoms with Crippen LogP contribution < -0.4 is 5.32 Å². The first kappa shape index (κ1) is 13.6. The Morgan fingerprint density at radius 1 is 1.40 bits per heavy atom. The van der Waals surface area contributed by atoms with E-state index in [1.54, 1.807) is 11.3 Å². The summed E-state index contributed by atoms with van der Waals surface area (Å²) in [5, 5.41) is 4.99. The Morgan fingerprint density at radius 2 is 2.15 bits per heavy atom. The van der Waals surface area contributed by atoms with E-state index >= 15 is 0 Å². The molecule has 2 fully saturated rings. The van der Waals surface area contributed by atoms with Crippen molar-refractivity contribution in [2.45, 2.75) is 31.7 Å². The maximum absolute atomic E-state index is 12.3. The minimum absolute atomic E-state index is 0.0968. The van der Waals surface area contributed by atoms with Crippen LogP contribution in [-0.2, 0) is 14.3 Å². The molecule has 1 amide bonds. The van der Waals surface area contributed by atoms with Gasteiger partial charge in [-0.05, 0) is 42.5 Å². The first-order valence-corrected chi connectivity index (χ1v) is 7.96. The Bertz CT molecular complexity index is 489. The molecule has 0 radical (unpaired) electrons. The van der Waals surface area contributed by atoms with Gasteiger partial charge in [0, 0.05) is 10.8 Å². The molecule has 20 heavy (non-hydrogen) atoms. The molecule has 0 aromatic carbocycles. The summed E-state index contributed by atoms with van der Waals surface area (Å²) in [6, 6.07) is 3.62. The normalized spacial score (nSPS) is 28.6. The third-order valence-electron chi connectivity index (χ3n) is 4.42. The molecule has 2 aliphatic carbocycles. The van der Waals surface area contributed by atoms with E-state index in [9.17, 15) is 9.59 Å². The van der Waals surface area contributed by atoms with Crippen LogP contribution in [0.25, 0.3) is 0 Å². The number of esters is 1. The van der Waals surface area contributed by atoms with E-state index < -0.39 is 0 Å². The predicted octanol–water partition coefficient (Wildman–Crippen LogP) is 2.51. The van der Waals surface area contributed by atoms with Gasteiger partial charge in [-0.25, -0.2) is 0 Å². The zero-order valence-corrected chi connectivity index (χ0v) is 12.3. The van der Waals surface area contributed by atoms with Gasteiger partial charge < -0.3 is 10.1 Å². The van der Waals surface area contributed by atoms with E-state index in [1.807, 2.05) is 17.5 Å². The minimum atomic E-state index is -0.294. The summed E-state index contributed by atoms with van der Waals surface area (Å²) < 4.78 is 4.72. The highest BCUT2D eigenvalue weighted by Gasteiger charge is 2.48. The fraction of sp³-hybridized carbons (Fsp3) is 0.600. The van der Waals surface area contributed by atoms with Crippen LogP contribution in [0.4, 0.5) is 0 Å². The Morgan fingerprint density at radius 3 is 2.75 bits per heavy atom. The summed E-state index contributed by atoms with van der Waals surface area (Å²) >= 11 is 1.55. The fourth-order valence-electron chi connectivity index (χ4n) is 3.18. The van der Waals surface area contributed by atoms with Crippen LogP contribution in [0.2, 0.25) is 0 Å². The third-order valence-corrected chi connectivity index (χ3v) is 5.40. The summed E-state index contributed by atoms with van der Waals surface area (Å²) in [6.07, 6.45) is 3.54. The monoisotopic (exact) mass is 293 g/mol. The number of amides is 1. The minimum Gasteiger partial charge on any atom is -0.469 e. The number of thiophene rings is 1. The number of ether oxygens (including phenoxy) is 1. The van der Waals surface area contributed by atoms with Crippen molar-refractivity contribution in [3.8, 4) is 0 Å². The molecule has 4 nitrogen and oxygen atoms in total. The van der Waals surface area contributed by atoms with Crippen molar-refractivity contribution in [1.82, 2.24) is 5.32 Å². The lowest BCUT2D eigenvalue weighted by molar-refractivity contribution is -0.141. The molecule has 2 aliphatic rings. The number of carbonyl (C=O) groups excluding carboxylic acids is 2. The molecule has 3 atom stereocenters. The number of hydrogen-bond acceptors (Lipinski definition) is 4. The predicted molar refractivity (Wildman–Crippen MR) is 76.2 cm³/mol. The smallest absolute Gasteiger partial charge is 0.307 e. The molecule has 1 heterocycles. The molecule has 0 aliphatic heterocycles. The number of fused-ring (bicyclic) bond motifs is 1. The van der Waals surface area contributed by atoms with E-state index in [-0.39, 0.29) is 30.3 Å². The number of hydrogen-bond donors (Lipinski definition) is 1. The molecule has 0 bridgehead atoms. The number of rotatable bonds is 5. The summed E-state index contributed by atoms with van der Waals surface area (Å²) in [5.41, 5.74) is 0. The zero-order chi connectivity index (χ0) is 14.1. The number of nitrogens with one attached hydrogen (secondary N) is 1. The highest BCUT2D eigenvalue weighted by Crippen LogP contribution is 2.54. The molecule has 1 aromatic rings. The van der Waals surface area contributed by atoms with Crippen LogP contribution in [0.15, 0.2) is 17.5 Å². The van der Waals surface area contributed by atoms with Crippen LogP contribution >= 0.6 is 11.3 Å². The van der Waals surface area contributed by atoms with Crippen LogP contribution in [0, 0.1) is 17.8 Å². The molecule has 2 saturated carbocycles. The first-order chi connectivity index (χ1) is 9.67. The zero-order valence-electron chi connectivity index (χ0n) is 11.5. The van der Waals surface area contributed by atoms with Gasteiger partial charge in [-0.15, -0.1) is 11.3 Å². The van der Waals surface area contributed by atoms with Crippen molar-refractivity contribution in [2.75, 3.05) is 7.11 Å². The van der Waals surface area contributed by atoms with Gasteiger partial charge in [0.25, 0.3) is 0 Å². The molecule has 0 spiro atoms. The molecular weight excluding hydrogens is 274 g/mol. The van der Waals surface area contributed by atoms with Crippen LogP contribution in [0.1, 0.15) is 36.6 Å². The third kappa shape index (κ3) is 2.87. The lowest BCUT2D eigenvalue weighted by Gasteiger charge is -2.19. The highest BCUT2D eigenvalue weighted by atomic mass is 32.1. The molecular formula is C15H19NO3S. The van der Waals surface area contributed by atoms with Gasteiger partial charge >= 0.3 is 5.97 Å². The molecule has 108 valence electrons. The molecule has 1 aromatic heterocycles. The highest BCUT2D eigenvalue weighted by molar-refractivity contribution is 7.10. The van der Waals surface area contributed by atoms with Gasteiger partial charge in [-0.2, -0.15) is 0 Å². The van der Waals surface area contributed by atoms with Gasteiger partial charge in [0.1, 0.15) is 0 Å². The summed E-state index contributed by atoms with van der Waals surface area (Å²) in [4.78, 5) is 24.8. The van der Waals surface area contributed by atoms with Gasteiger partial charge in [0.15, 0.2) is 0 Å². The second-order valence-corrected chi connectivity index (χ2v) is 6.76. The Hall–Kier alpha value is -1.36. The Labute approximate surface area is 122 Å². The second kappa shape index (κ2) is 5.56. The average Bonchev–Trinajstić information content (AvgIpc) is 2.88. The van der Waals surface area contributed by atoms with Crippen LogP contribution in [0.3, 0.4) is 0 Å². The van der Waals surface area contributed by atoms with E-state index in [2.05, 4.69) is 5.32 Å². The van der Waals surface area contributed by atoms with E-state index in [0.29, 0.717) is 0 Å². The lowest BCUT2D eigenvalue weighted by atomic mass is 10.0. The van der Waals surface area contributed by atoms with Crippen molar-refractivity contribution < 1.29 is 14.3 Å². The summed E-state index contributed by atoms with van der Waals surface area (Å²) in [7, 11) is 1.38. The fourth-order valence-corrected chi connectivity index (χ4v) is 3.96. The summed E-state index contributed by atoms with van der Waals surface area (Å²) in [5.74, 6) is 1.51. The first-order valence-electron chi connectivity index (χ1n) is 7.08. The van der Waals surface area contributed by atoms with Gasteiger partial charge in [0.05, 0.1) is 19.6 Å². The Kier molecular flexibility index (Phi) is 3.78. The van der Waals surface area contributed by atoms with Crippen molar-refractivity contribution in [1.29, 1.82) is 0 Å². The van der Waals surface area contributed by atoms with Gasteiger partial charge in [0.2, 0.25) is 5.91 Å². The Balaban J connectivity index is 1.63. The SMILES string of the molecule is COC(=O)CC(NC(=O)C1CC2CC2C1)c1cccs1. The standard InChI is InChI=1S/C15H19NO3S/c1-19-14(17)8-12(13-3-2-4-20-13)16-15(18)11-6-9-5-10(9)7-11/h2-4,9-12H,5-8H2,1H3,(H,16,18). The lowest BCUT2D eigenvalue weighted by Crippen LogP contribution is -2.34. The molecule has 5 heteroatoms.